The van der Waals surface area contributed by atoms with Gasteiger partial charge < -0.3 is 24.6 Å². The van der Waals surface area contributed by atoms with Crippen LogP contribution in [0, 0.1) is 0 Å². The number of ether oxygens (including phenoxy) is 2. The minimum absolute atomic E-state index is 0.0864. The van der Waals surface area contributed by atoms with Crippen LogP contribution in [0.25, 0.3) is 10.8 Å². The fraction of sp³-hybridized carbons (Fsp3) is 0.364. The monoisotopic (exact) mass is 394 g/mol. The van der Waals surface area contributed by atoms with Gasteiger partial charge >= 0.3 is 0 Å². The summed E-state index contributed by atoms with van der Waals surface area (Å²) in [4.78, 5) is 6.48. The van der Waals surface area contributed by atoms with Crippen molar-refractivity contribution in [3.05, 3.63) is 59.5 Å². The highest BCUT2D eigenvalue weighted by atomic mass is 16.5. The number of benzene rings is 2. The lowest BCUT2D eigenvalue weighted by Gasteiger charge is -2.27. The highest BCUT2D eigenvalue weighted by molar-refractivity contribution is 5.84. The average molecular weight is 394 g/mol. The number of nitrogens with two attached hydrogens (primary N) is 1. The maximum Gasteiger partial charge on any atom is 0.191 e. The molecule has 0 aliphatic carbocycles. The second kappa shape index (κ2) is 8.53. The summed E-state index contributed by atoms with van der Waals surface area (Å²) in [6, 6.07) is 14.4. The Labute approximate surface area is 170 Å². The van der Waals surface area contributed by atoms with Crippen LogP contribution in [-0.4, -0.2) is 49.4 Å². The van der Waals surface area contributed by atoms with Crippen LogP contribution in [0.3, 0.4) is 0 Å². The second-order valence-electron chi connectivity index (χ2n) is 7.19. The van der Waals surface area contributed by atoms with Crippen LogP contribution in [0.5, 0.6) is 5.75 Å². The molecule has 7 nitrogen and oxygen atoms in total. The molecule has 1 saturated heterocycles. The fourth-order valence-corrected chi connectivity index (χ4v) is 3.46. The number of fused-ring (bicyclic) bond motifs is 1. The molecule has 152 valence electrons. The Bertz CT molecular complexity index is 1010. The third-order valence-corrected chi connectivity index (χ3v) is 5.31. The number of guanidine groups is 1. The maximum absolute atomic E-state index is 6.08. The van der Waals surface area contributed by atoms with E-state index in [9.17, 15) is 0 Å². The summed E-state index contributed by atoms with van der Waals surface area (Å²) in [7, 11) is 1.68. The third kappa shape index (κ3) is 4.35. The van der Waals surface area contributed by atoms with Crippen molar-refractivity contribution in [1.29, 1.82) is 0 Å². The molecule has 2 aromatic carbocycles. The van der Waals surface area contributed by atoms with E-state index in [0.717, 1.165) is 41.1 Å². The Balaban J connectivity index is 1.46. The number of hydrogen-bond donors (Lipinski definition) is 1. The van der Waals surface area contributed by atoms with Crippen LogP contribution in [0.15, 0.2) is 52.0 Å². The molecule has 1 fully saturated rings. The molecule has 4 rings (SSSR count). The van der Waals surface area contributed by atoms with Crippen molar-refractivity contribution in [1.82, 2.24) is 10.1 Å². The zero-order valence-corrected chi connectivity index (χ0v) is 16.8. The van der Waals surface area contributed by atoms with E-state index in [1.807, 2.05) is 23.1 Å². The summed E-state index contributed by atoms with van der Waals surface area (Å²) in [6.07, 6.45) is 0. The quantitative estimate of drug-likeness (QED) is 0.529. The molecule has 1 unspecified atom stereocenters. The summed E-state index contributed by atoms with van der Waals surface area (Å²) in [6.45, 7) is 5.41. The highest BCUT2D eigenvalue weighted by Gasteiger charge is 2.16. The van der Waals surface area contributed by atoms with E-state index >= 15 is 0 Å². The lowest BCUT2D eigenvalue weighted by atomic mass is 9.95. The van der Waals surface area contributed by atoms with Gasteiger partial charge in [0.25, 0.3) is 0 Å². The first-order valence-electron chi connectivity index (χ1n) is 9.80. The van der Waals surface area contributed by atoms with Crippen molar-refractivity contribution < 1.29 is 14.0 Å². The van der Waals surface area contributed by atoms with E-state index in [4.69, 9.17) is 19.7 Å². The van der Waals surface area contributed by atoms with E-state index in [-0.39, 0.29) is 5.92 Å². The molecule has 0 saturated carbocycles. The zero-order chi connectivity index (χ0) is 20.2. The first kappa shape index (κ1) is 19.3. The van der Waals surface area contributed by atoms with Crippen LogP contribution in [0.1, 0.15) is 29.9 Å². The second-order valence-corrected chi connectivity index (χ2v) is 7.19. The van der Waals surface area contributed by atoms with Crippen LogP contribution in [-0.2, 0) is 11.3 Å². The van der Waals surface area contributed by atoms with Gasteiger partial charge in [0.05, 0.1) is 26.9 Å². The van der Waals surface area contributed by atoms with Gasteiger partial charge in [-0.3, -0.25) is 0 Å². The molecule has 0 spiro atoms. The minimum Gasteiger partial charge on any atom is -0.497 e. The Morgan fingerprint density at radius 3 is 2.72 bits per heavy atom. The van der Waals surface area contributed by atoms with Crippen molar-refractivity contribution in [2.75, 3.05) is 33.4 Å². The molecular weight excluding hydrogens is 368 g/mol. The van der Waals surface area contributed by atoms with Crippen LogP contribution in [0.2, 0.25) is 0 Å². The summed E-state index contributed by atoms with van der Waals surface area (Å²) >= 11 is 0. The first-order chi connectivity index (χ1) is 14.1. The Hall–Kier alpha value is -3.06. The van der Waals surface area contributed by atoms with Gasteiger partial charge in [-0.2, -0.15) is 0 Å². The molecule has 0 radical (unpaired) electrons. The number of aliphatic imine (C=N–C) groups is 1. The molecule has 1 atom stereocenters. The van der Waals surface area contributed by atoms with E-state index in [2.05, 4.69) is 41.3 Å². The SMILES string of the molecule is COc1ccc2cc(C(C)c3cc(CN=C(N)N4CCOCC4)no3)ccc2c1. The van der Waals surface area contributed by atoms with E-state index in [0.29, 0.717) is 25.7 Å². The molecule has 1 aliphatic heterocycles. The summed E-state index contributed by atoms with van der Waals surface area (Å²) < 4.78 is 16.2. The summed E-state index contributed by atoms with van der Waals surface area (Å²) in [5.74, 6) is 2.28. The molecular formula is C22H26N4O3. The van der Waals surface area contributed by atoms with Gasteiger partial charge in [-0.25, -0.2) is 4.99 Å². The summed E-state index contributed by atoms with van der Waals surface area (Å²) in [5.41, 5.74) is 8.02. The van der Waals surface area contributed by atoms with E-state index in [1.54, 1.807) is 7.11 Å². The highest BCUT2D eigenvalue weighted by Crippen LogP contribution is 2.29. The van der Waals surface area contributed by atoms with Gasteiger partial charge in [0, 0.05) is 25.1 Å². The molecule has 7 heteroatoms. The largest absolute Gasteiger partial charge is 0.497 e. The van der Waals surface area contributed by atoms with Crippen molar-refractivity contribution in [2.24, 2.45) is 10.7 Å². The number of nitrogens with zero attached hydrogens (tertiary/aromatic N) is 3. The smallest absolute Gasteiger partial charge is 0.191 e. The van der Waals surface area contributed by atoms with Gasteiger partial charge in [0.15, 0.2) is 5.96 Å². The molecule has 1 aliphatic rings. The lowest BCUT2D eigenvalue weighted by Crippen LogP contribution is -2.44. The van der Waals surface area contributed by atoms with Gasteiger partial charge in [0.1, 0.15) is 17.2 Å². The van der Waals surface area contributed by atoms with Gasteiger partial charge in [-0.1, -0.05) is 36.3 Å². The molecule has 2 N–H and O–H groups in total. The molecule has 0 bridgehead atoms. The Morgan fingerprint density at radius 1 is 1.17 bits per heavy atom. The summed E-state index contributed by atoms with van der Waals surface area (Å²) in [5, 5.41) is 6.48. The van der Waals surface area contributed by atoms with Gasteiger partial charge in [0.2, 0.25) is 0 Å². The third-order valence-electron chi connectivity index (χ3n) is 5.31. The number of rotatable bonds is 5. The predicted octanol–water partition coefficient (Wildman–Crippen LogP) is 3.14. The Kier molecular flexibility index (Phi) is 5.67. The van der Waals surface area contributed by atoms with E-state index in [1.165, 1.54) is 5.56 Å². The fourth-order valence-electron chi connectivity index (χ4n) is 3.46. The van der Waals surface area contributed by atoms with Crippen LogP contribution < -0.4 is 10.5 Å². The number of aromatic nitrogens is 1. The molecule has 29 heavy (non-hydrogen) atoms. The molecule has 2 heterocycles. The van der Waals surface area contributed by atoms with Gasteiger partial charge in [-0.15, -0.1) is 0 Å². The molecule has 0 amide bonds. The van der Waals surface area contributed by atoms with Crippen molar-refractivity contribution in [3.8, 4) is 5.75 Å². The lowest BCUT2D eigenvalue weighted by molar-refractivity contribution is 0.0674. The molecule has 3 aromatic rings. The first-order valence-corrected chi connectivity index (χ1v) is 9.80. The topological polar surface area (TPSA) is 86.1 Å². The van der Waals surface area contributed by atoms with Crippen LogP contribution >= 0.6 is 0 Å². The molecule has 1 aromatic heterocycles. The number of methoxy groups -OCH3 is 1. The van der Waals surface area contributed by atoms with Crippen molar-refractivity contribution >= 4 is 16.7 Å². The van der Waals surface area contributed by atoms with Crippen molar-refractivity contribution in [2.45, 2.75) is 19.4 Å². The van der Waals surface area contributed by atoms with E-state index < -0.39 is 0 Å². The normalized spacial score (nSPS) is 16.2. The number of hydrogen-bond acceptors (Lipinski definition) is 5. The number of morpholine rings is 1. The minimum atomic E-state index is 0.0864. The average Bonchev–Trinajstić information content (AvgIpc) is 3.26. The van der Waals surface area contributed by atoms with Crippen LogP contribution in [0.4, 0.5) is 0 Å². The van der Waals surface area contributed by atoms with Crippen molar-refractivity contribution in [3.63, 3.8) is 0 Å². The zero-order valence-electron chi connectivity index (χ0n) is 16.8. The Morgan fingerprint density at radius 2 is 1.93 bits per heavy atom. The maximum atomic E-state index is 6.08. The predicted molar refractivity (Wildman–Crippen MR) is 112 cm³/mol. The van der Waals surface area contributed by atoms with Gasteiger partial charge in [-0.05, 0) is 28.5 Å². The standard InChI is InChI=1S/C22H26N4O3/c1-15(16-3-4-18-12-20(27-2)6-5-17(18)11-16)21-13-19(25-29-21)14-24-22(23)26-7-9-28-10-8-26/h3-6,11-13,15H,7-10,14H2,1-2H3,(H2,23,24).